The maximum absolute atomic E-state index is 13.3. The van der Waals surface area contributed by atoms with Gasteiger partial charge in [-0.1, -0.05) is 41.5 Å². The fourth-order valence-corrected chi connectivity index (χ4v) is 2.60. The molecule has 0 spiro atoms. The van der Waals surface area contributed by atoms with Crippen LogP contribution in [0.25, 0.3) is 0 Å². The van der Waals surface area contributed by atoms with Crippen LogP contribution in [0.3, 0.4) is 0 Å². The first-order valence-electron chi connectivity index (χ1n) is 6.73. The standard InChI is InChI=1S/C17H20FNO/c1-11-6-12(2)8-14(7-11)17(20)16(10-19)13-4-3-5-15(18)9-13/h3-9,16-17,20H,10,19H2,1-2H3. The molecule has 2 nitrogen and oxygen atoms in total. The van der Waals surface area contributed by atoms with Gasteiger partial charge in [0, 0.05) is 12.5 Å². The molecule has 0 aliphatic carbocycles. The number of rotatable bonds is 4. The molecule has 0 bridgehead atoms. The Bertz CT molecular complexity index is 577. The van der Waals surface area contributed by atoms with Crippen molar-refractivity contribution in [3.63, 3.8) is 0 Å². The van der Waals surface area contributed by atoms with Crippen LogP contribution in [0.5, 0.6) is 0 Å². The van der Waals surface area contributed by atoms with E-state index in [4.69, 9.17) is 5.73 Å². The molecular formula is C17H20FNO. The number of hydrogen-bond acceptors (Lipinski definition) is 2. The van der Waals surface area contributed by atoms with E-state index in [9.17, 15) is 9.50 Å². The molecule has 20 heavy (non-hydrogen) atoms. The Hall–Kier alpha value is -1.71. The summed E-state index contributed by atoms with van der Waals surface area (Å²) < 4.78 is 13.3. The van der Waals surface area contributed by atoms with E-state index in [1.807, 2.05) is 26.0 Å². The summed E-state index contributed by atoms with van der Waals surface area (Å²) in [4.78, 5) is 0. The maximum Gasteiger partial charge on any atom is 0.123 e. The van der Waals surface area contributed by atoms with Gasteiger partial charge in [-0.05, 0) is 37.1 Å². The van der Waals surface area contributed by atoms with E-state index in [1.165, 1.54) is 12.1 Å². The zero-order valence-electron chi connectivity index (χ0n) is 11.8. The van der Waals surface area contributed by atoms with E-state index in [0.29, 0.717) is 0 Å². The number of halogens is 1. The van der Waals surface area contributed by atoms with Crippen LogP contribution in [-0.2, 0) is 0 Å². The summed E-state index contributed by atoms with van der Waals surface area (Å²) in [5, 5.41) is 10.6. The Morgan fingerprint density at radius 3 is 2.25 bits per heavy atom. The first-order chi connectivity index (χ1) is 9.51. The first-order valence-corrected chi connectivity index (χ1v) is 6.73. The van der Waals surface area contributed by atoms with Gasteiger partial charge in [-0.25, -0.2) is 4.39 Å². The number of aryl methyl sites for hydroxylation is 2. The zero-order chi connectivity index (χ0) is 14.7. The Labute approximate surface area is 119 Å². The highest BCUT2D eigenvalue weighted by Crippen LogP contribution is 2.31. The topological polar surface area (TPSA) is 46.2 Å². The lowest BCUT2D eigenvalue weighted by atomic mass is 9.88. The number of nitrogens with two attached hydrogens (primary N) is 1. The van der Waals surface area contributed by atoms with Crippen LogP contribution < -0.4 is 5.73 Å². The molecule has 0 radical (unpaired) electrons. The molecular weight excluding hydrogens is 253 g/mol. The largest absolute Gasteiger partial charge is 0.388 e. The van der Waals surface area contributed by atoms with Gasteiger partial charge in [0.2, 0.25) is 0 Å². The Morgan fingerprint density at radius 2 is 1.70 bits per heavy atom. The lowest BCUT2D eigenvalue weighted by Crippen LogP contribution is -2.20. The fourth-order valence-electron chi connectivity index (χ4n) is 2.60. The predicted molar refractivity (Wildman–Crippen MR) is 79.1 cm³/mol. The van der Waals surface area contributed by atoms with E-state index in [-0.39, 0.29) is 18.3 Å². The molecule has 2 unspecified atom stereocenters. The van der Waals surface area contributed by atoms with Crippen molar-refractivity contribution in [3.05, 3.63) is 70.5 Å². The summed E-state index contributed by atoms with van der Waals surface area (Å²) in [6.45, 7) is 4.24. The lowest BCUT2D eigenvalue weighted by Gasteiger charge is -2.23. The first kappa shape index (κ1) is 14.7. The summed E-state index contributed by atoms with van der Waals surface area (Å²) in [5.41, 5.74) is 9.51. The summed E-state index contributed by atoms with van der Waals surface area (Å²) in [7, 11) is 0. The quantitative estimate of drug-likeness (QED) is 0.898. The molecule has 106 valence electrons. The van der Waals surface area contributed by atoms with Gasteiger partial charge in [0.05, 0.1) is 6.10 Å². The molecule has 0 aromatic heterocycles. The minimum atomic E-state index is -0.736. The summed E-state index contributed by atoms with van der Waals surface area (Å²) in [6, 6.07) is 12.2. The average molecular weight is 273 g/mol. The Balaban J connectivity index is 2.35. The molecule has 0 heterocycles. The van der Waals surface area contributed by atoms with E-state index in [1.54, 1.807) is 12.1 Å². The highest BCUT2D eigenvalue weighted by molar-refractivity contribution is 5.33. The molecule has 0 saturated heterocycles. The van der Waals surface area contributed by atoms with Crippen molar-refractivity contribution in [2.24, 2.45) is 5.73 Å². The van der Waals surface area contributed by atoms with Gasteiger partial charge in [-0.15, -0.1) is 0 Å². The van der Waals surface area contributed by atoms with Crippen LogP contribution in [0.2, 0.25) is 0 Å². The van der Waals surface area contributed by atoms with Crippen molar-refractivity contribution in [1.29, 1.82) is 0 Å². The van der Waals surface area contributed by atoms with Gasteiger partial charge in [0.15, 0.2) is 0 Å². The highest BCUT2D eigenvalue weighted by Gasteiger charge is 2.22. The van der Waals surface area contributed by atoms with Gasteiger partial charge < -0.3 is 10.8 Å². The van der Waals surface area contributed by atoms with Crippen molar-refractivity contribution < 1.29 is 9.50 Å². The van der Waals surface area contributed by atoms with Crippen molar-refractivity contribution in [1.82, 2.24) is 0 Å². The van der Waals surface area contributed by atoms with Crippen LogP contribution in [0.15, 0.2) is 42.5 Å². The number of aliphatic hydroxyl groups excluding tert-OH is 1. The van der Waals surface area contributed by atoms with Gasteiger partial charge in [0.1, 0.15) is 5.82 Å². The average Bonchev–Trinajstić information content (AvgIpc) is 2.38. The van der Waals surface area contributed by atoms with Gasteiger partial charge >= 0.3 is 0 Å². The molecule has 3 N–H and O–H groups in total. The third kappa shape index (κ3) is 3.24. The van der Waals surface area contributed by atoms with E-state index in [2.05, 4.69) is 6.07 Å². The number of aliphatic hydroxyl groups is 1. The molecule has 2 atom stereocenters. The second-order valence-electron chi connectivity index (χ2n) is 5.26. The van der Waals surface area contributed by atoms with Crippen molar-refractivity contribution >= 4 is 0 Å². The minimum Gasteiger partial charge on any atom is -0.388 e. The molecule has 2 aromatic carbocycles. The van der Waals surface area contributed by atoms with Crippen LogP contribution >= 0.6 is 0 Å². The summed E-state index contributed by atoms with van der Waals surface area (Å²) in [6.07, 6.45) is -0.736. The lowest BCUT2D eigenvalue weighted by molar-refractivity contribution is 0.147. The third-order valence-electron chi connectivity index (χ3n) is 3.50. The van der Waals surface area contributed by atoms with Gasteiger partial charge in [0.25, 0.3) is 0 Å². The molecule has 0 saturated carbocycles. The SMILES string of the molecule is Cc1cc(C)cc(C(O)C(CN)c2cccc(F)c2)c1. The van der Waals surface area contributed by atoms with Crippen LogP contribution in [0.4, 0.5) is 4.39 Å². The summed E-state index contributed by atoms with van der Waals surface area (Å²) in [5.74, 6) is -0.625. The van der Waals surface area contributed by atoms with Crippen LogP contribution in [-0.4, -0.2) is 11.7 Å². The normalized spacial score (nSPS) is 14.1. The predicted octanol–water partition coefficient (Wildman–Crippen LogP) is 3.22. The number of hydrogen-bond donors (Lipinski definition) is 2. The Morgan fingerprint density at radius 1 is 1.05 bits per heavy atom. The van der Waals surface area contributed by atoms with Crippen molar-refractivity contribution in [2.75, 3.05) is 6.54 Å². The van der Waals surface area contributed by atoms with Crippen molar-refractivity contribution in [3.8, 4) is 0 Å². The molecule has 0 aliphatic heterocycles. The van der Waals surface area contributed by atoms with E-state index in [0.717, 1.165) is 22.3 Å². The number of benzene rings is 2. The smallest absolute Gasteiger partial charge is 0.123 e. The van der Waals surface area contributed by atoms with Crippen molar-refractivity contribution in [2.45, 2.75) is 25.9 Å². The monoisotopic (exact) mass is 273 g/mol. The summed E-state index contributed by atoms with van der Waals surface area (Å²) >= 11 is 0. The highest BCUT2D eigenvalue weighted by atomic mass is 19.1. The third-order valence-corrected chi connectivity index (χ3v) is 3.50. The van der Waals surface area contributed by atoms with Gasteiger partial charge in [-0.2, -0.15) is 0 Å². The van der Waals surface area contributed by atoms with Crippen LogP contribution in [0.1, 0.15) is 34.3 Å². The molecule has 2 rings (SSSR count). The fraction of sp³-hybridized carbons (Fsp3) is 0.294. The molecule has 0 fully saturated rings. The molecule has 0 aliphatic rings. The van der Waals surface area contributed by atoms with Crippen LogP contribution in [0, 0.1) is 19.7 Å². The Kier molecular flexibility index (Phi) is 4.53. The molecule has 2 aromatic rings. The second kappa shape index (κ2) is 6.16. The van der Waals surface area contributed by atoms with E-state index >= 15 is 0 Å². The zero-order valence-corrected chi connectivity index (χ0v) is 11.8. The minimum absolute atomic E-state index is 0.262. The molecule has 0 amide bonds. The van der Waals surface area contributed by atoms with Gasteiger partial charge in [-0.3, -0.25) is 0 Å². The maximum atomic E-state index is 13.3. The molecule has 3 heteroatoms. The second-order valence-corrected chi connectivity index (χ2v) is 5.26. The van der Waals surface area contributed by atoms with E-state index < -0.39 is 6.10 Å².